The van der Waals surface area contributed by atoms with E-state index >= 15 is 0 Å². The molecule has 1 saturated heterocycles. The number of hydrogen-bond acceptors (Lipinski definition) is 9. The number of amides is 1. The molecule has 12 heteroatoms. The van der Waals surface area contributed by atoms with Gasteiger partial charge in [-0.05, 0) is 54.1 Å². The third kappa shape index (κ3) is 9.20. The van der Waals surface area contributed by atoms with E-state index in [2.05, 4.69) is 16.0 Å². The molecular formula is C31H35N3O9. The van der Waals surface area contributed by atoms with Crippen molar-refractivity contribution in [2.75, 3.05) is 54.6 Å². The van der Waals surface area contributed by atoms with Gasteiger partial charge in [0.15, 0.2) is 11.5 Å². The Morgan fingerprint density at radius 3 is 1.86 bits per heavy atom. The fraction of sp³-hybridized carbons (Fsp3) is 0.290. The molecule has 0 spiro atoms. The van der Waals surface area contributed by atoms with E-state index in [0.29, 0.717) is 48.1 Å². The van der Waals surface area contributed by atoms with Gasteiger partial charge < -0.3 is 34.1 Å². The average Bonchev–Trinajstić information content (AvgIpc) is 3.03. The summed E-state index contributed by atoms with van der Waals surface area (Å²) in [6.45, 7) is 3.78. The number of aliphatic carboxylic acids is 2. The highest BCUT2D eigenvalue weighted by Crippen LogP contribution is 2.40. The summed E-state index contributed by atoms with van der Waals surface area (Å²) in [5.74, 6) is 0.0192. The maximum absolute atomic E-state index is 12.8. The standard InChI is InChI=1S/C27H31N3O5.C4H4O4/c1-32-22-7-5-20(6-8-22)27(31)30-13-11-29(12-14-30)18-19-9-10-28-23(15-19)21-16-24(33-2)26(35-4)25(17-21)34-3;5-3(6)1-2-4(7)8/h5-10,15-17H,11-14,18H2,1-4H3;1-2H,(H,5,6)(H,7,8). The number of aromatic nitrogens is 1. The van der Waals surface area contributed by atoms with E-state index in [-0.39, 0.29) is 5.91 Å². The van der Waals surface area contributed by atoms with Crippen LogP contribution in [0.15, 0.2) is 66.9 Å². The normalized spacial score (nSPS) is 13.1. The second-order valence-corrected chi connectivity index (χ2v) is 9.27. The first kappa shape index (κ1) is 32.4. The van der Waals surface area contributed by atoms with Crippen molar-refractivity contribution in [1.29, 1.82) is 0 Å². The van der Waals surface area contributed by atoms with Crippen LogP contribution in [0.25, 0.3) is 11.3 Å². The molecule has 1 amide bonds. The highest BCUT2D eigenvalue weighted by molar-refractivity contribution is 5.94. The van der Waals surface area contributed by atoms with Gasteiger partial charge in [-0.15, -0.1) is 0 Å². The van der Waals surface area contributed by atoms with Crippen molar-refractivity contribution in [2.45, 2.75) is 6.54 Å². The van der Waals surface area contributed by atoms with E-state index in [9.17, 15) is 14.4 Å². The van der Waals surface area contributed by atoms with Crippen LogP contribution in [0.5, 0.6) is 23.0 Å². The van der Waals surface area contributed by atoms with E-state index < -0.39 is 11.9 Å². The van der Waals surface area contributed by atoms with Gasteiger partial charge in [-0.3, -0.25) is 14.7 Å². The van der Waals surface area contributed by atoms with Crippen molar-refractivity contribution in [1.82, 2.24) is 14.8 Å². The van der Waals surface area contributed by atoms with Gasteiger partial charge >= 0.3 is 11.9 Å². The number of methoxy groups -OCH3 is 4. The lowest BCUT2D eigenvalue weighted by Crippen LogP contribution is -2.48. The Morgan fingerprint density at radius 2 is 1.37 bits per heavy atom. The van der Waals surface area contributed by atoms with Crippen LogP contribution in [0.3, 0.4) is 0 Å². The van der Waals surface area contributed by atoms with E-state index in [4.69, 9.17) is 29.2 Å². The molecule has 0 atom stereocenters. The fourth-order valence-corrected chi connectivity index (χ4v) is 4.39. The summed E-state index contributed by atoms with van der Waals surface area (Å²) >= 11 is 0. The first-order valence-corrected chi connectivity index (χ1v) is 13.2. The molecule has 0 bridgehead atoms. The number of benzene rings is 2. The number of carboxylic acid groups (broad SMARTS) is 2. The maximum Gasteiger partial charge on any atom is 0.328 e. The molecule has 0 radical (unpaired) electrons. The van der Waals surface area contributed by atoms with Gasteiger partial charge in [0.25, 0.3) is 5.91 Å². The summed E-state index contributed by atoms with van der Waals surface area (Å²) in [6.07, 6.45) is 2.93. The Balaban J connectivity index is 0.000000557. The van der Waals surface area contributed by atoms with Gasteiger partial charge in [-0.2, -0.15) is 0 Å². The van der Waals surface area contributed by atoms with Crippen molar-refractivity contribution >= 4 is 17.8 Å². The van der Waals surface area contributed by atoms with Gasteiger partial charge in [0.05, 0.1) is 34.1 Å². The number of rotatable bonds is 10. The Morgan fingerprint density at radius 1 is 0.791 bits per heavy atom. The molecule has 1 aliphatic heterocycles. The molecule has 3 aromatic rings. The second-order valence-electron chi connectivity index (χ2n) is 9.27. The molecule has 12 nitrogen and oxygen atoms in total. The summed E-state index contributed by atoms with van der Waals surface area (Å²) in [6, 6.07) is 15.2. The number of carbonyl (C=O) groups excluding carboxylic acids is 1. The van der Waals surface area contributed by atoms with Gasteiger partial charge in [0, 0.05) is 62.2 Å². The Kier molecular flexibility index (Phi) is 11.9. The number of piperazine rings is 1. The molecule has 228 valence electrons. The SMILES string of the molecule is COc1ccc(C(=O)N2CCN(Cc3ccnc(-c4cc(OC)c(OC)c(OC)c4)c3)CC2)cc1.O=C(O)C=CC(=O)O. The van der Waals surface area contributed by atoms with Gasteiger partial charge in [0.1, 0.15) is 5.75 Å². The van der Waals surface area contributed by atoms with Crippen LogP contribution in [0, 0.1) is 0 Å². The molecule has 0 saturated carbocycles. The zero-order valence-corrected chi connectivity index (χ0v) is 24.5. The monoisotopic (exact) mass is 593 g/mol. The number of carbonyl (C=O) groups is 3. The predicted octanol–water partition coefficient (Wildman–Crippen LogP) is 3.45. The van der Waals surface area contributed by atoms with Crippen molar-refractivity contribution < 1.29 is 43.5 Å². The van der Waals surface area contributed by atoms with Crippen LogP contribution in [-0.4, -0.2) is 97.5 Å². The van der Waals surface area contributed by atoms with Crippen LogP contribution in [0.1, 0.15) is 15.9 Å². The molecule has 1 aliphatic rings. The van der Waals surface area contributed by atoms with Crippen molar-refractivity contribution in [3.8, 4) is 34.3 Å². The van der Waals surface area contributed by atoms with Gasteiger partial charge in [-0.1, -0.05) is 0 Å². The Labute approximate surface area is 249 Å². The largest absolute Gasteiger partial charge is 0.497 e. The van der Waals surface area contributed by atoms with Crippen LogP contribution >= 0.6 is 0 Å². The molecular weight excluding hydrogens is 558 g/mol. The lowest BCUT2D eigenvalue weighted by molar-refractivity contribution is -0.134. The summed E-state index contributed by atoms with van der Waals surface area (Å²) in [4.78, 5) is 40.8. The molecule has 0 unspecified atom stereocenters. The zero-order valence-electron chi connectivity index (χ0n) is 24.5. The van der Waals surface area contributed by atoms with Crippen molar-refractivity contribution in [3.63, 3.8) is 0 Å². The smallest absolute Gasteiger partial charge is 0.328 e. The lowest BCUT2D eigenvalue weighted by Gasteiger charge is -2.34. The topological polar surface area (TPSA) is 148 Å². The van der Waals surface area contributed by atoms with E-state index in [1.54, 1.807) is 28.4 Å². The van der Waals surface area contributed by atoms with Gasteiger partial charge in [-0.25, -0.2) is 9.59 Å². The highest BCUT2D eigenvalue weighted by atomic mass is 16.5. The molecule has 2 N–H and O–H groups in total. The Hall–Kier alpha value is -5.10. The van der Waals surface area contributed by atoms with Crippen LogP contribution < -0.4 is 18.9 Å². The van der Waals surface area contributed by atoms with Crippen LogP contribution in [-0.2, 0) is 16.1 Å². The maximum atomic E-state index is 12.8. The van der Waals surface area contributed by atoms with E-state index in [1.165, 1.54) is 0 Å². The molecule has 0 aliphatic carbocycles. The third-order valence-corrected chi connectivity index (χ3v) is 6.56. The van der Waals surface area contributed by atoms with Crippen molar-refractivity contribution in [2.24, 2.45) is 0 Å². The minimum absolute atomic E-state index is 0.0564. The second kappa shape index (κ2) is 15.8. The summed E-state index contributed by atoms with van der Waals surface area (Å²) < 4.78 is 21.6. The first-order valence-electron chi connectivity index (χ1n) is 13.2. The lowest BCUT2D eigenvalue weighted by atomic mass is 10.1. The number of pyridine rings is 1. The van der Waals surface area contributed by atoms with E-state index in [1.807, 2.05) is 53.6 Å². The zero-order chi connectivity index (χ0) is 31.4. The minimum atomic E-state index is -1.26. The number of hydrogen-bond donors (Lipinski definition) is 2. The Bertz CT molecular complexity index is 1390. The summed E-state index contributed by atoms with van der Waals surface area (Å²) in [5, 5.41) is 15.6. The van der Waals surface area contributed by atoms with E-state index in [0.717, 1.165) is 42.2 Å². The summed E-state index contributed by atoms with van der Waals surface area (Å²) in [7, 11) is 6.41. The quantitative estimate of drug-likeness (QED) is 0.333. The number of ether oxygens (including phenoxy) is 4. The molecule has 4 rings (SSSR count). The molecule has 43 heavy (non-hydrogen) atoms. The van der Waals surface area contributed by atoms with Crippen LogP contribution in [0.4, 0.5) is 0 Å². The first-order chi connectivity index (χ1) is 20.7. The number of carboxylic acids is 2. The summed E-state index contributed by atoms with van der Waals surface area (Å²) in [5.41, 5.74) is 3.55. The predicted molar refractivity (Wildman–Crippen MR) is 158 cm³/mol. The number of nitrogens with zero attached hydrogens (tertiary/aromatic N) is 3. The van der Waals surface area contributed by atoms with Crippen molar-refractivity contribution in [3.05, 3.63) is 78.0 Å². The molecule has 1 aromatic heterocycles. The third-order valence-electron chi connectivity index (χ3n) is 6.56. The van der Waals surface area contributed by atoms with Crippen LogP contribution in [0.2, 0.25) is 0 Å². The van der Waals surface area contributed by atoms with Gasteiger partial charge in [0.2, 0.25) is 5.75 Å². The molecule has 2 aromatic carbocycles. The fourth-order valence-electron chi connectivity index (χ4n) is 4.39. The minimum Gasteiger partial charge on any atom is -0.497 e. The average molecular weight is 594 g/mol. The molecule has 2 heterocycles. The highest BCUT2D eigenvalue weighted by Gasteiger charge is 2.22. The molecule has 1 fully saturated rings.